The van der Waals surface area contributed by atoms with Gasteiger partial charge in [0.1, 0.15) is 5.75 Å². The molecule has 1 aromatic carbocycles. The lowest BCUT2D eigenvalue weighted by molar-refractivity contribution is -0.119. The number of nitrogens with zero attached hydrogens (tertiary/aromatic N) is 2. The van der Waals surface area contributed by atoms with Crippen LogP contribution in [0.2, 0.25) is 0 Å². The first kappa shape index (κ1) is 17.7. The summed E-state index contributed by atoms with van der Waals surface area (Å²) in [6.45, 7) is 4.88. The van der Waals surface area contributed by atoms with Gasteiger partial charge >= 0.3 is 0 Å². The van der Waals surface area contributed by atoms with E-state index in [9.17, 15) is 9.00 Å². The van der Waals surface area contributed by atoms with E-state index in [4.69, 9.17) is 4.74 Å². The number of hydrogen-bond donors (Lipinski definition) is 0. The summed E-state index contributed by atoms with van der Waals surface area (Å²) in [6, 6.07) is 7.82. The lowest BCUT2D eigenvalue weighted by Crippen LogP contribution is -2.32. The number of methoxy groups -OCH3 is 1. The van der Waals surface area contributed by atoms with Crippen molar-refractivity contribution in [1.82, 2.24) is 4.90 Å². The standard InChI is InChI=1S/C15H24N2O3S/c1-6-17(11-15(18)16-21(4,5)19)12(2)13-8-7-9-14(10-13)20-3/h7-10,12H,6,11H2,1-5H3. The average molecular weight is 312 g/mol. The normalized spacial score (nSPS) is 13.0. The van der Waals surface area contributed by atoms with Gasteiger partial charge < -0.3 is 4.74 Å². The van der Waals surface area contributed by atoms with Crippen LogP contribution in [-0.4, -0.2) is 47.7 Å². The van der Waals surface area contributed by atoms with Crippen molar-refractivity contribution in [2.24, 2.45) is 4.36 Å². The maximum absolute atomic E-state index is 11.9. The molecule has 0 heterocycles. The number of carbonyl (C=O) groups is 1. The van der Waals surface area contributed by atoms with Gasteiger partial charge in [-0.15, -0.1) is 0 Å². The molecular weight excluding hydrogens is 288 g/mol. The fraction of sp³-hybridized carbons (Fsp3) is 0.533. The number of rotatable bonds is 6. The van der Waals surface area contributed by atoms with Gasteiger partial charge in [-0.2, -0.15) is 4.36 Å². The second-order valence-corrected chi connectivity index (χ2v) is 7.73. The molecule has 21 heavy (non-hydrogen) atoms. The Morgan fingerprint density at radius 3 is 2.62 bits per heavy atom. The number of likely N-dealkylation sites (N-methyl/N-ethyl adjacent to an activating group) is 1. The van der Waals surface area contributed by atoms with E-state index in [1.807, 2.05) is 43.0 Å². The lowest BCUT2D eigenvalue weighted by atomic mass is 10.1. The van der Waals surface area contributed by atoms with Crippen LogP contribution in [-0.2, 0) is 14.5 Å². The Hall–Kier alpha value is -1.40. The molecule has 0 aliphatic carbocycles. The summed E-state index contributed by atoms with van der Waals surface area (Å²) in [6.07, 6.45) is 2.93. The number of benzene rings is 1. The Bertz CT molecular complexity index is 599. The molecule has 0 fully saturated rings. The number of hydrogen-bond acceptors (Lipinski definition) is 4. The lowest BCUT2D eigenvalue weighted by Gasteiger charge is -2.27. The van der Waals surface area contributed by atoms with Crippen LogP contribution in [0.4, 0.5) is 0 Å². The van der Waals surface area contributed by atoms with Gasteiger partial charge in [-0.05, 0) is 31.2 Å². The van der Waals surface area contributed by atoms with Gasteiger partial charge in [0.2, 0.25) is 0 Å². The summed E-state index contributed by atoms with van der Waals surface area (Å²) in [5, 5.41) is 0. The van der Waals surface area contributed by atoms with Gasteiger partial charge in [-0.3, -0.25) is 9.69 Å². The molecule has 0 saturated heterocycles. The topological polar surface area (TPSA) is 59.0 Å². The molecule has 0 aromatic heterocycles. The summed E-state index contributed by atoms with van der Waals surface area (Å²) in [4.78, 5) is 13.9. The summed E-state index contributed by atoms with van der Waals surface area (Å²) in [7, 11) is -0.772. The van der Waals surface area contributed by atoms with Crippen molar-refractivity contribution < 1.29 is 13.7 Å². The smallest absolute Gasteiger partial charge is 0.267 e. The highest BCUT2D eigenvalue weighted by molar-refractivity contribution is 7.92. The number of carbonyl (C=O) groups excluding carboxylic acids is 1. The fourth-order valence-corrected chi connectivity index (χ4v) is 2.63. The number of amides is 1. The maximum Gasteiger partial charge on any atom is 0.267 e. The monoisotopic (exact) mass is 312 g/mol. The summed E-state index contributed by atoms with van der Waals surface area (Å²) in [5.74, 6) is 0.443. The molecule has 1 amide bonds. The molecule has 0 N–H and O–H groups in total. The van der Waals surface area contributed by atoms with Gasteiger partial charge in [-0.1, -0.05) is 19.1 Å². The molecule has 5 nitrogen and oxygen atoms in total. The summed E-state index contributed by atoms with van der Waals surface area (Å²) >= 11 is 0. The molecule has 0 bridgehead atoms. The molecule has 1 atom stereocenters. The van der Waals surface area contributed by atoms with Crippen LogP contribution in [0.25, 0.3) is 0 Å². The summed E-state index contributed by atoms with van der Waals surface area (Å²) < 4.78 is 20.5. The highest BCUT2D eigenvalue weighted by Crippen LogP contribution is 2.23. The van der Waals surface area contributed by atoms with E-state index < -0.39 is 9.73 Å². The minimum Gasteiger partial charge on any atom is -0.497 e. The van der Waals surface area contributed by atoms with Crippen LogP contribution < -0.4 is 4.74 Å². The van der Waals surface area contributed by atoms with Crippen LogP contribution in [0.5, 0.6) is 5.75 Å². The van der Waals surface area contributed by atoms with Gasteiger partial charge in [0.05, 0.1) is 13.7 Å². The first-order valence-corrected chi connectivity index (χ1v) is 9.18. The SMILES string of the molecule is CCN(CC(=O)N=S(C)(C)=O)C(C)c1cccc(OC)c1. The van der Waals surface area contributed by atoms with E-state index in [0.29, 0.717) is 6.54 Å². The molecule has 1 aromatic rings. The largest absolute Gasteiger partial charge is 0.497 e. The first-order chi connectivity index (χ1) is 9.76. The predicted molar refractivity (Wildman–Crippen MR) is 86.1 cm³/mol. The van der Waals surface area contributed by atoms with E-state index in [1.165, 1.54) is 12.5 Å². The zero-order valence-corrected chi connectivity index (χ0v) is 14.1. The minimum absolute atomic E-state index is 0.0500. The third-order valence-corrected chi connectivity index (χ3v) is 3.83. The van der Waals surface area contributed by atoms with Crippen LogP contribution in [0, 0.1) is 0 Å². The van der Waals surface area contributed by atoms with Crippen LogP contribution in [0.3, 0.4) is 0 Å². The Balaban J connectivity index is 2.89. The third-order valence-electron chi connectivity index (χ3n) is 3.19. The third kappa shape index (κ3) is 5.85. The van der Waals surface area contributed by atoms with Crippen molar-refractivity contribution in [3.63, 3.8) is 0 Å². The van der Waals surface area contributed by atoms with Crippen LogP contribution in [0.15, 0.2) is 28.6 Å². The molecule has 0 aliphatic rings. The molecule has 6 heteroatoms. The highest BCUT2D eigenvalue weighted by atomic mass is 32.2. The highest BCUT2D eigenvalue weighted by Gasteiger charge is 2.18. The van der Waals surface area contributed by atoms with Crippen molar-refractivity contribution in [3.8, 4) is 5.75 Å². The Kier molecular flexibility index (Phi) is 6.36. The molecule has 118 valence electrons. The van der Waals surface area contributed by atoms with Crippen LogP contribution in [0.1, 0.15) is 25.5 Å². The number of ether oxygens (including phenoxy) is 1. The second kappa shape index (κ2) is 7.56. The quantitative estimate of drug-likeness (QED) is 0.809. The minimum atomic E-state index is -2.40. The summed E-state index contributed by atoms with van der Waals surface area (Å²) in [5.41, 5.74) is 1.07. The average Bonchev–Trinajstić information content (AvgIpc) is 2.42. The molecule has 0 saturated carbocycles. The Morgan fingerprint density at radius 1 is 1.43 bits per heavy atom. The van der Waals surface area contributed by atoms with Gasteiger partial charge in [0.15, 0.2) is 0 Å². The van der Waals surface area contributed by atoms with Crippen molar-refractivity contribution in [2.45, 2.75) is 19.9 Å². The van der Waals surface area contributed by atoms with Gasteiger partial charge in [-0.25, -0.2) is 4.21 Å². The Morgan fingerprint density at radius 2 is 2.10 bits per heavy atom. The first-order valence-electron chi connectivity index (χ1n) is 6.84. The molecule has 0 aliphatic heterocycles. The zero-order valence-electron chi connectivity index (χ0n) is 13.3. The molecule has 0 spiro atoms. The van der Waals surface area contributed by atoms with Crippen molar-refractivity contribution in [1.29, 1.82) is 0 Å². The van der Waals surface area contributed by atoms with Crippen molar-refractivity contribution in [3.05, 3.63) is 29.8 Å². The Labute approximate surface area is 127 Å². The molecule has 1 rings (SSSR count). The fourth-order valence-electron chi connectivity index (χ4n) is 2.08. The molecular formula is C15H24N2O3S. The molecule has 1 unspecified atom stereocenters. The van der Waals surface area contributed by atoms with Crippen molar-refractivity contribution in [2.75, 3.05) is 32.7 Å². The van der Waals surface area contributed by atoms with Gasteiger partial charge in [0, 0.05) is 28.3 Å². The molecule has 0 radical (unpaired) electrons. The predicted octanol–water partition coefficient (Wildman–Crippen LogP) is 2.33. The van der Waals surface area contributed by atoms with E-state index >= 15 is 0 Å². The van der Waals surface area contributed by atoms with Crippen LogP contribution >= 0.6 is 0 Å². The zero-order chi connectivity index (χ0) is 16.0. The van der Waals surface area contributed by atoms with E-state index in [1.54, 1.807) is 7.11 Å². The van der Waals surface area contributed by atoms with Gasteiger partial charge in [0.25, 0.3) is 5.91 Å². The van der Waals surface area contributed by atoms with E-state index in [0.717, 1.165) is 11.3 Å². The second-order valence-electron chi connectivity index (χ2n) is 5.18. The van der Waals surface area contributed by atoms with Crippen molar-refractivity contribution >= 4 is 15.6 Å². The van der Waals surface area contributed by atoms with E-state index in [-0.39, 0.29) is 18.5 Å². The van der Waals surface area contributed by atoms with E-state index in [2.05, 4.69) is 4.36 Å². The maximum atomic E-state index is 11.9.